The summed E-state index contributed by atoms with van der Waals surface area (Å²) in [4.78, 5) is 33.8. The Morgan fingerprint density at radius 2 is 1.47 bits per heavy atom. The molecule has 4 amide bonds. The molecule has 1 aliphatic heterocycles. The lowest BCUT2D eigenvalue weighted by Crippen LogP contribution is -2.70. The van der Waals surface area contributed by atoms with Crippen LogP contribution in [-0.2, 0) is 9.59 Å². The second-order valence-corrected chi connectivity index (χ2v) is 4.08. The van der Waals surface area contributed by atoms with Crippen molar-refractivity contribution in [1.29, 1.82) is 0 Å². The van der Waals surface area contributed by atoms with Gasteiger partial charge < -0.3 is 5.73 Å². The summed E-state index contributed by atoms with van der Waals surface area (Å²) in [6, 6.07) is -0.804. The highest BCUT2D eigenvalue weighted by Gasteiger charge is 2.54. The van der Waals surface area contributed by atoms with E-state index in [0.29, 0.717) is 0 Å². The second-order valence-electron chi connectivity index (χ2n) is 4.08. The summed E-state index contributed by atoms with van der Waals surface area (Å²) in [7, 11) is 0. The average Bonchev–Trinajstić information content (AvgIpc) is 1.97. The van der Waals surface area contributed by atoms with Crippen LogP contribution in [0.25, 0.3) is 0 Å². The van der Waals surface area contributed by atoms with Gasteiger partial charge in [0, 0.05) is 5.54 Å². The van der Waals surface area contributed by atoms with Crippen LogP contribution in [0, 0.1) is 5.41 Å². The Labute approximate surface area is 93.4 Å². The summed E-state index contributed by atoms with van der Waals surface area (Å²) in [5.41, 5.74) is 3.27. The number of halogens is 1. The van der Waals surface area contributed by atoms with Crippen LogP contribution < -0.4 is 16.4 Å². The molecule has 0 unspecified atom stereocenters. The van der Waals surface area contributed by atoms with Crippen molar-refractivity contribution < 1.29 is 14.4 Å². The molecule has 1 rings (SSSR count). The van der Waals surface area contributed by atoms with Crippen molar-refractivity contribution in [1.82, 2.24) is 10.6 Å². The summed E-state index contributed by atoms with van der Waals surface area (Å²) >= 11 is 0. The number of imide groups is 2. The lowest BCUT2D eigenvalue weighted by Gasteiger charge is -2.40. The zero-order valence-corrected chi connectivity index (χ0v) is 9.53. The molecular formula is C8H14ClN3O3. The summed E-state index contributed by atoms with van der Waals surface area (Å²) in [6.45, 7) is 4.52. The minimum Gasteiger partial charge on any atom is -0.324 e. The minimum absolute atomic E-state index is 0. The zero-order chi connectivity index (χ0) is 11.1. The third kappa shape index (κ3) is 1.95. The first kappa shape index (κ1) is 13.9. The molecule has 0 saturated carbocycles. The molecule has 0 radical (unpaired) electrons. The number of nitrogens with one attached hydrogen (secondary N) is 2. The van der Waals surface area contributed by atoms with E-state index in [-0.39, 0.29) is 12.4 Å². The first-order chi connectivity index (χ1) is 6.19. The van der Waals surface area contributed by atoms with Gasteiger partial charge in [-0.05, 0) is 20.8 Å². The Morgan fingerprint density at radius 1 is 1.13 bits per heavy atom. The van der Waals surface area contributed by atoms with Crippen molar-refractivity contribution in [2.75, 3.05) is 0 Å². The van der Waals surface area contributed by atoms with Gasteiger partial charge in [-0.3, -0.25) is 20.2 Å². The van der Waals surface area contributed by atoms with Crippen LogP contribution in [-0.4, -0.2) is 23.4 Å². The molecule has 1 saturated heterocycles. The summed E-state index contributed by atoms with van der Waals surface area (Å²) in [5, 5.41) is 4.03. The van der Waals surface area contributed by atoms with E-state index in [1.807, 2.05) is 10.6 Å². The lowest BCUT2D eigenvalue weighted by atomic mass is 9.71. The Hall–Kier alpha value is -1.14. The molecule has 4 N–H and O–H groups in total. The molecule has 1 fully saturated rings. The SMILES string of the molecule is CC(C)(N)C1(C)C(=O)NC(=O)NC1=O.Cl. The van der Waals surface area contributed by atoms with Crippen LogP contribution in [0.4, 0.5) is 4.79 Å². The number of hydrogen-bond acceptors (Lipinski definition) is 4. The monoisotopic (exact) mass is 235 g/mol. The molecule has 1 heterocycles. The number of urea groups is 1. The van der Waals surface area contributed by atoms with Crippen molar-refractivity contribution in [3.8, 4) is 0 Å². The maximum absolute atomic E-state index is 11.5. The number of carbonyl (C=O) groups excluding carboxylic acids is 3. The first-order valence-corrected chi connectivity index (χ1v) is 4.15. The van der Waals surface area contributed by atoms with Crippen LogP contribution >= 0.6 is 12.4 Å². The standard InChI is InChI=1S/C8H13N3O3.ClH/c1-7(2,9)8(3)4(12)10-6(14)11-5(8)13;/h9H2,1-3H3,(H2,10,11,12,13,14);1H. The molecule has 1 aliphatic rings. The number of rotatable bonds is 1. The van der Waals surface area contributed by atoms with Gasteiger partial charge in [-0.1, -0.05) is 0 Å². The van der Waals surface area contributed by atoms with Crippen molar-refractivity contribution in [2.24, 2.45) is 11.1 Å². The number of nitrogens with two attached hydrogens (primary N) is 1. The van der Waals surface area contributed by atoms with Crippen LogP contribution in [0.15, 0.2) is 0 Å². The molecule has 15 heavy (non-hydrogen) atoms. The Kier molecular flexibility index (Phi) is 3.50. The molecule has 0 bridgehead atoms. The van der Waals surface area contributed by atoms with Gasteiger partial charge in [0.1, 0.15) is 5.41 Å². The minimum atomic E-state index is -1.43. The number of carbonyl (C=O) groups is 3. The molecule has 0 aromatic rings. The lowest BCUT2D eigenvalue weighted by molar-refractivity contribution is -0.147. The third-order valence-electron chi connectivity index (χ3n) is 2.65. The maximum atomic E-state index is 11.5. The summed E-state index contributed by atoms with van der Waals surface area (Å²) in [6.07, 6.45) is 0. The van der Waals surface area contributed by atoms with Crippen molar-refractivity contribution in [2.45, 2.75) is 26.3 Å². The molecule has 0 spiro atoms. The van der Waals surface area contributed by atoms with Gasteiger partial charge in [0.2, 0.25) is 11.8 Å². The average molecular weight is 236 g/mol. The number of hydrogen-bond donors (Lipinski definition) is 3. The van der Waals surface area contributed by atoms with Gasteiger partial charge in [-0.2, -0.15) is 0 Å². The van der Waals surface area contributed by atoms with Gasteiger partial charge >= 0.3 is 6.03 Å². The fourth-order valence-corrected chi connectivity index (χ4v) is 1.18. The molecule has 7 heteroatoms. The second kappa shape index (κ2) is 3.79. The van der Waals surface area contributed by atoms with E-state index in [2.05, 4.69) is 0 Å². The van der Waals surface area contributed by atoms with Crippen LogP contribution in [0.5, 0.6) is 0 Å². The normalized spacial score (nSPS) is 20.1. The first-order valence-electron chi connectivity index (χ1n) is 4.15. The highest BCUT2D eigenvalue weighted by Crippen LogP contribution is 2.31. The van der Waals surface area contributed by atoms with E-state index in [1.165, 1.54) is 6.92 Å². The van der Waals surface area contributed by atoms with Crippen LogP contribution in [0.2, 0.25) is 0 Å². The topological polar surface area (TPSA) is 101 Å². The molecule has 0 aromatic heterocycles. The smallest absolute Gasteiger partial charge is 0.324 e. The summed E-state index contributed by atoms with van der Waals surface area (Å²) in [5.74, 6) is -1.34. The highest BCUT2D eigenvalue weighted by molar-refractivity contribution is 6.19. The molecule has 0 atom stereocenters. The Morgan fingerprint density at radius 3 is 1.73 bits per heavy atom. The molecule has 0 aromatic carbocycles. The predicted molar refractivity (Wildman–Crippen MR) is 55.3 cm³/mol. The van der Waals surface area contributed by atoms with E-state index in [4.69, 9.17) is 5.73 Å². The largest absolute Gasteiger partial charge is 0.328 e. The zero-order valence-electron chi connectivity index (χ0n) is 8.71. The third-order valence-corrected chi connectivity index (χ3v) is 2.65. The highest BCUT2D eigenvalue weighted by atomic mass is 35.5. The van der Waals surface area contributed by atoms with Crippen LogP contribution in [0.1, 0.15) is 20.8 Å². The Balaban J connectivity index is 0.00000196. The number of barbiturate groups is 1. The van der Waals surface area contributed by atoms with Gasteiger partial charge in [0.15, 0.2) is 0 Å². The predicted octanol–water partition coefficient (Wildman–Crippen LogP) is -0.482. The fourth-order valence-electron chi connectivity index (χ4n) is 1.18. The van der Waals surface area contributed by atoms with E-state index < -0.39 is 28.8 Å². The van der Waals surface area contributed by atoms with E-state index >= 15 is 0 Å². The van der Waals surface area contributed by atoms with Crippen LogP contribution in [0.3, 0.4) is 0 Å². The van der Waals surface area contributed by atoms with Gasteiger partial charge in [0.25, 0.3) is 0 Å². The quantitative estimate of drug-likeness (QED) is 0.534. The van der Waals surface area contributed by atoms with Crippen molar-refractivity contribution in [3.63, 3.8) is 0 Å². The summed E-state index contributed by atoms with van der Waals surface area (Å²) < 4.78 is 0. The molecule has 0 aliphatic carbocycles. The van der Waals surface area contributed by atoms with Gasteiger partial charge in [-0.25, -0.2) is 4.79 Å². The van der Waals surface area contributed by atoms with Crippen molar-refractivity contribution >= 4 is 30.3 Å². The molecule has 6 nitrogen and oxygen atoms in total. The molecule has 86 valence electrons. The van der Waals surface area contributed by atoms with E-state index in [9.17, 15) is 14.4 Å². The van der Waals surface area contributed by atoms with Gasteiger partial charge in [-0.15, -0.1) is 12.4 Å². The Bertz CT molecular complexity index is 302. The van der Waals surface area contributed by atoms with E-state index in [1.54, 1.807) is 13.8 Å². The molecular weight excluding hydrogens is 222 g/mol. The van der Waals surface area contributed by atoms with E-state index in [0.717, 1.165) is 0 Å². The number of amides is 4. The van der Waals surface area contributed by atoms with Crippen molar-refractivity contribution in [3.05, 3.63) is 0 Å². The fraction of sp³-hybridized carbons (Fsp3) is 0.625. The maximum Gasteiger partial charge on any atom is 0.328 e. The van der Waals surface area contributed by atoms with Gasteiger partial charge in [0.05, 0.1) is 0 Å².